The monoisotopic (exact) mass is 334 g/mol. The van der Waals surface area contributed by atoms with Crippen LogP contribution in [0, 0.1) is 5.82 Å². The fourth-order valence-corrected chi connectivity index (χ4v) is 3.19. The quantitative estimate of drug-likeness (QED) is 0.831. The van der Waals surface area contributed by atoms with Gasteiger partial charge in [-0.05, 0) is 48.0 Å². The van der Waals surface area contributed by atoms with E-state index in [1.54, 1.807) is 30.3 Å². The smallest absolute Gasteiger partial charge is 0.260 e. The first kappa shape index (κ1) is 14.9. The van der Waals surface area contributed by atoms with Gasteiger partial charge in [0.1, 0.15) is 5.82 Å². The standard InChI is InChI=1S/C16H12ClFN2OS/c17-11-3-1-2-10(8-11)9-14-15(21)20-16(22-14)19-13-6-4-12(18)5-7-13/h1-9,16,19H,(H,20,21)/b14-9-/t16-/m0/s1. The molecule has 0 aliphatic carbocycles. The van der Waals surface area contributed by atoms with Gasteiger partial charge in [-0.2, -0.15) is 0 Å². The molecule has 0 unspecified atom stereocenters. The van der Waals surface area contributed by atoms with Crippen molar-refractivity contribution < 1.29 is 9.18 Å². The predicted octanol–water partition coefficient (Wildman–Crippen LogP) is 4.08. The number of hydrogen-bond donors (Lipinski definition) is 2. The molecule has 6 heteroatoms. The van der Waals surface area contributed by atoms with E-state index in [9.17, 15) is 9.18 Å². The summed E-state index contributed by atoms with van der Waals surface area (Å²) in [5, 5.41) is 6.57. The van der Waals surface area contributed by atoms with Crippen molar-refractivity contribution in [2.75, 3.05) is 5.32 Å². The molecule has 0 radical (unpaired) electrons. The fourth-order valence-electron chi connectivity index (χ4n) is 2.01. The second-order valence-electron chi connectivity index (χ2n) is 4.69. The van der Waals surface area contributed by atoms with Crippen LogP contribution in [0.5, 0.6) is 0 Å². The maximum Gasteiger partial charge on any atom is 0.260 e. The van der Waals surface area contributed by atoms with E-state index in [0.717, 1.165) is 11.3 Å². The lowest BCUT2D eigenvalue weighted by Crippen LogP contribution is -2.30. The Kier molecular flexibility index (Phi) is 4.36. The molecule has 0 bridgehead atoms. The summed E-state index contributed by atoms with van der Waals surface area (Å²) in [7, 11) is 0. The van der Waals surface area contributed by atoms with E-state index in [1.165, 1.54) is 23.9 Å². The zero-order chi connectivity index (χ0) is 15.5. The number of rotatable bonds is 3. The van der Waals surface area contributed by atoms with Crippen molar-refractivity contribution in [2.45, 2.75) is 5.50 Å². The van der Waals surface area contributed by atoms with Crippen molar-refractivity contribution in [2.24, 2.45) is 0 Å². The number of anilines is 1. The van der Waals surface area contributed by atoms with E-state index in [0.29, 0.717) is 9.93 Å². The Bertz CT molecular complexity index is 733. The first-order chi connectivity index (χ1) is 10.6. The Balaban J connectivity index is 1.71. The van der Waals surface area contributed by atoms with Crippen molar-refractivity contribution in [3.05, 3.63) is 69.8 Å². The number of carbonyl (C=O) groups excluding carboxylic acids is 1. The third-order valence-electron chi connectivity index (χ3n) is 3.02. The molecule has 112 valence electrons. The Hall–Kier alpha value is -1.98. The van der Waals surface area contributed by atoms with Crippen LogP contribution in [0.3, 0.4) is 0 Å². The summed E-state index contributed by atoms with van der Waals surface area (Å²) in [5.74, 6) is -0.445. The first-order valence-electron chi connectivity index (χ1n) is 6.57. The fraction of sp³-hybridized carbons (Fsp3) is 0.0625. The van der Waals surface area contributed by atoms with Gasteiger partial charge in [0.15, 0.2) is 5.50 Å². The van der Waals surface area contributed by atoms with Crippen LogP contribution in [0.1, 0.15) is 5.56 Å². The molecule has 2 N–H and O–H groups in total. The number of carbonyl (C=O) groups is 1. The lowest BCUT2D eigenvalue weighted by atomic mass is 10.2. The average Bonchev–Trinajstić information content (AvgIpc) is 2.81. The van der Waals surface area contributed by atoms with Gasteiger partial charge in [-0.25, -0.2) is 4.39 Å². The summed E-state index contributed by atoms with van der Waals surface area (Å²) >= 11 is 7.31. The number of amides is 1. The van der Waals surface area contributed by atoms with Crippen molar-refractivity contribution in [1.82, 2.24) is 5.32 Å². The molecule has 1 atom stereocenters. The van der Waals surface area contributed by atoms with Crippen LogP contribution in [-0.4, -0.2) is 11.4 Å². The van der Waals surface area contributed by atoms with E-state index in [-0.39, 0.29) is 17.2 Å². The molecule has 2 aromatic rings. The van der Waals surface area contributed by atoms with E-state index < -0.39 is 0 Å². The normalized spacial score (nSPS) is 19.3. The predicted molar refractivity (Wildman–Crippen MR) is 89.0 cm³/mol. The summed E-state index contributed by atoms with van der Waals surface area (Å²) in [6.07, 6.45) is 1.79. The van der Waals surface area contributed by atoms with Crippen LogP contribution in [0.15, 0.2) is 53.4 Å². The van der Waals surface area contributed by atoms with Crippen LogP contribution < -0.4 is 10.6 Å². The van der Waals surface area contributed by atoms with E-state index >= 15 is 0 Å². The number of hydrogen-bond acceptors (Lipinski definition) is 3. The Labute approximate surface area is 136 Å². The Morgan fingerprint density at radius 1 is 1.23 bits per heavy atom. The van der Waals surface area contributed by atoms with Crippen LogP contribution in [0.2, 0.25) is 5.02 Å². The molecular formula is C16H12ClFN2OS. The molecule has 0 spiro atoms. The van der Waals surface area contributed by atoms with Crippen molar-refractivity contribution >= 4 is 41.0 Å². The summed E-state index contributed by atoms with van der Waals surface area (Å²) in [6.45, 7) is 0. The lowest BCUT2D eigenvalue weighted by molar-refractivity contribution is -0.116. The minimum atomic E-state index is -0.296. The third-order valence-corrected chi connectivity index (χ3v) is 4.28. The largest absolute Gasteiger partial charge is 0.357 e. The number of benzene rings is 2. The van der Waals surface area contributed by atoms with Crippen LogP contribution >= 0.6 is 23.4 Å². The molecule has 3 rings (SSSR count). The average molecular weight is 335 g/mol. The summed E-state index contributed by atoms with van der Waals surface area (Å²) in [4.78, 5) is 12.6. The van der Waals surface area contributed by atoms with Gasteiger partial charge in [0.05, 0.1) is 4.91 Å². The molecule has 0 saturated carbocycles. The minimum absolute atomic E-state index is 0.149. The number of halogens is 2. The lowest BCUT2D eigenvalue weighted by Gasteiger charge is -2.12. The van der Waals surface area contributed by atoms with Gasteiger partial charge in [-0.1, -0.05) is 35.5 Å². The summed E-state index contributed by atoms with van der Waals surface area (Å²) in [6, 6.07) is 13.3. The molecule has 1 amide bonds. The molecule has 1 fully saturated rings. The second-order valence-corrected chi connectivity index (χ2v) is 6.27. The summed E-state index contributed by atoms with van der Waals surface area (Å²) in [5.41, 5.74) is 1.32. The molecule has 22 heavy (non-hydrogen) atoms. The number of thioether (sulfide) groups is 1. The van der Waals surface area contributed by atoms with E-state index in [2.05, 4.69) is 10.6 Å². The van der Waals surface area contributed by atoms with Gasteiger partial charge in [-0.3, -0.25) is 4.79 Å². The van der Waals surface area contributed by atoms with Crippen LogP contribution in [-0.2, 0) is 4.79 Å². The second kappa shape index (κ2) is 6.42. The summed E-state index contributed by atoms with van der Waals surface area (Å²) < 4.78 is 12.9. The molecule has 1 saturated heterocycles. The topological polar surface area (TPSA) is 41.1 Å². The van der Waals surface area contributed by atoms with E-state index in [4.69, 9.17) is 11.6 Å². The highest BCUT2D eigenvalue weighted by Crippen LogP contribution is 2.30. The molecule has 1 heterocycles. The van der Waals surface area contributed by atoms with Crippen molar-refractivity contribution in [3.8, 4) is 0 Å². The highest BCUT2D eigenvalue weighted by Gasteiger charge is 2.27. The van der Waals surface area contributed by atoms with Gasteiger partial charge < -0.3 is 10.6 Å². The highest BCUT2D eigenvalue weighted by atomic mass is 35.5. The molecule has 3 nitrogen and oxygen atoms in total. The molecule has 1 aliphatic heterocycles. The zero-order valence-electron chi connectivity index (χ0n) is 11.3. The van der Waals surface area contributed by atoms with Crippen LogP contribution in [0.25, 0.3) is 6.08 Å². The third kappa shape index (κ3) is 3.61. The highest BCUT2D eigenvalue weighted by molar-refractivity contribution is 8.05. The molecular weight excluding hydrogens is 323 g/mol. The SMILES string of the molecule is O=C1N[C@H](Nc2ccc(F)cc2)S/C1=C\c1cccc(Cl)c1. The first-order valence-corrected chi connectivity index (χ1v) is 7.83. The Morgan fingerprint density at radius 3 is 2.73 bits per heavy atom. The molecule has 1 aliphatic rings. The van der Waals surface area contributed by atoms with Gasteiger partial charge in [0, 0.05) is 10.7 Å². The van der Waals surface area contributed by atoms with Gasteiger partial charge in [0.2, 0.25) is 0 Å². The van der Waals surface area contributed by atoms with Gasteiger partial charge in [0.25, 0.3) is 5.91 Å². The van der Waals surface area contributed by atoms with Crippen molar-refractivity contribution in [1.29, 1.82) is 0 Å². The Morgan fingerprint density at radius 2 is 2.00 bits per heavy atom. The molecule has 2 aromatic carbocycles. The minimum Gasteiger partial charge on any atom is -0.357 e. The zero-order valence-corrected chi connectivity index (χ0v) is 12.9. The van der Waals surface area contributed by atoms with Gasteiger partial charge >= 0.3 is 0 Å². The van der Waals surface area contributed by atoms with E-state index in [1.807, 2.05) is 12.1 Å². The van der Waals surface area contributed by atoms with Gasteiger partial charge in [-0.15, -0.1) is 0 Å². The maximum absolute atomic E-state index is 12.9. The van der Waals surface area contributed by atoms with Crippen LogP contribution in [0.4, 0.5) is 10.1 Å². The number of nitrogens with one attached hydrogen (secondary N) is 2. The van der Waals surface area contributed by atoms with Crippen molar-refractivity contribution in [3.63, 3.8) is 0 Å². The maximum atomic E-state index is 12.9. The molecule has 0 aromatic heterocycles.